The molecule has 0 saturated heterocycles. The van der Waals surface area contributed by atoms with E-state index in [1.54, 1.807) is 0 Å². The molecule has 0 aromatic heterocycles. The monoisotopic (exact) mass is 276 g/mol. The van der Waals surface area contributed by atoms with Crippen LogP contribution >= 0.6 is 0 Å². The second-order valence-corrected chi connectivity index (χ2v) is 7.32. The van der Waals surface area contributed by atoms with Gasteiger partial charge in [-0.05, 0) is 23.3 Å². The lowest BCUT2D eigenvalue weighted by atomic mass is 9.78. The maximum absolute atomic E-state index is 11.0. The van der Waals surface area contributed by atoms with Crippen LogP contribution in [0.3, 0.4) is 0 Å². The Morgan fingerprint density at radius 3 is 2.05 bits per heavy atom. The standard InChI is InChI=1S/C18H28O2/c1-8-20-16-13(9-10-19)11-14(17(2,3)4)12-15(16)18(5,6)7/h10-12H,8-9H2,1-7H3. The third-order valence-electron chi connectivity index (χ3n) is 3.43. The fraction of sp³-hybridized carbons (Fsp3) is 0.611. The van der Waals surface area contributed by atoms with Gasteiger partial charge in [0.2, 0.25) is 0 Å². The summed E-state index contributed by atoms with van der Waals surface area (Å²) in [7, 11) is 0. The van der Waals surface area contributed by atoms with Crippen molar-refractivity contribution in [2.75, 3.05) is 6.61 Å². The summed E-state index contributed by atoms with van der Waals surface area (Å²) in [6.45, 7) is 15.7. The summed E-state index contributed by atoms with van der Waals surface area (Å²) < 4.78 is 5.86. The highest BCUT2D eigenvalue weighted by Crippen LogP contribution is 2.38. The molecule has 0 heterocycles. The molecule has 0 unspecified atom stereocenters. The van der Waals surface area contributed by atoms with Gasteiger partial charge in [-0.2, -0.15) is 0 Å². The molecule has 0 amide bonds. The highest BCUT2D eigenvalue weighted by atomic mass is 16.5. The number of carbonyl (C=O) groups is 1. The molecular formula is C18H28O2. The van der Waals surface area contributed by atoms with Crippen molar-refractivity contribution in [1.82, 2.24) is 0 Å². The molecule has 0 fully saturated rings. The number of rotatable bonds is 4. The quantitative estimate of drug-likeness (QED) is 0.761. The predicted octanol–water partition coefficient (Wildman–Crippen LogP) is 4.42. The van der Waals surface area contributed by atoms with Crippen LogP contribution in [0.4, 0.5) is 0 Å². The molecule has 0 aliphatic carbocycles. The average Bonchev–Trinajstić information content (AvgIpc) is 2.28. The van der Waals surface area contributed by atoms with Crippen molar-refractivity contribution in [3.63, 3.8) is 0 Å². The van der Waals surface area contributed by atoms with Gasteiger partial charge >= 0.3 is 0 Å². The normalized spacial score (nSPS) is 12.3. The van der Waals surface area contributed by atoms with Crippen LogP contribution in [-0.4, -0.2) is 12.9 Å². The third kappa shape index (κ3) is 3.84. The minimum atomic E-state index is -0.0105. The topological polar surface area (TPSA) is 26.3 Å². The van der Waals surface area contributed by atoms with E-state index < -0.39 is 0 Å². The second-order valence-electron chi connectivity index (χ2n) is 7.32. The number of benzene rings is 1. The van der Waals surface area contributed by atoms with Gasteiger partial charge in [0, 0.05) is 17.5 Å². The summed E-state index contributed by atoms with van der Waals surface area (Å²) in [6.07, 6.45) is 1.36. The van der Waals surface area contributed by atoms with Crippen LogP contribution in [0.5, 0.6) is 5.75 Å². The number of ether oxygens (including phenoxy) is 1. The Morgan fingerprint density at radius 1 is 1.05 bits per heavy atom. The summed E-state index contributed by atoms with van der Waals surface area (Å²) in [5, 5.41) is 0. The molecule has 0 N–H and O–H groups in total. The Bertz CT molecular complexity index is 473. The zero-order valence-corrected chi connectivity index (χ0v) is 14.0. The lowest BCUT2D eigenvalue weighted by molar-refractivity contribution is -0.107. The first-order valence-corrected chi connectivity index (χ1v) is 7.35. The van der Waals surface area contributed by atoms with Crippen LogP contribution in [0.25, 0.3) is 0 Å². The van der Waals surface area contributed by atoms with Gasteiger partial charge in [-0.25, -0.2) is 0 Å². The highest BCUT2D eigenvalue weighted by molar-refractivity contribution is 5.61. The van der Waals surface area contributed by atoms with Crippen molar-refractivity contribution in [3.8, 4) is 5.75 Å². The van der Waals surface area contributed by atoms with Crippen molar-refractivity contribution >= 4 is 6.29 Å². The molecule has 1 rings (SSSR count). The fourth-order valence-corrected chi connectivity index (χ4v) is 2.24. The fourth-order valence-electron chi connectivity index (χ4n) is 2.24. The molecule has 112 valence electrons. The lowest BCUT2D eigenvalue weighted by Gasteiger charge is -2.29. The Morgan fingerprint density at radius 2 is 1.65 bits per heavy atom. The van der Waals surface area contributed by atoms with Crippen LogP contribution in [0.15, 0.2) is 12.1 Å². The minimum Gasteiger partial charge on any atom is -0.493 e. The predicted molar refractivity (Wildman–Crippen MR) is 84.8 cm³/mol. The summed E-state index contributed by atoms with van der Waals surface area (Å²) in [4.78, 5) is 11.0. The smallest absolute Gasteiger partial charge is 0.126 e. The Kier molecular flexibility index (Phi) is 5.01. The van der Waals surface area contributed by atoms with E-state index in [1.165, 1.54) is 11.1 Å². The SMILES string of the molecule is CCOc1c(CC=O)cc(C(C)(C)C)cc1C(C)(C)C. The molecule has 1 aromatic carbocycles. The van der Waals surface area contributed by atoms with E-state index in [1.807, 2.05) is 6.92 Å². The van der Waals surface area contributed by atoms with E-state index in [0.717, 1.165) is 17.6 Å². The van der Waals surface area contributed by atoms with Crippen molar-refractivity contribution in [3.05, 3.63) is 28.8 Å². The van der Waals surface area contributed by atoms with Crippen molar-refractivity contribution in [2.24, 2.45) is 0 Å². The number of hydrogen-bond acceptors (Lipinski definition) is 2. The van der Waals surface area contributed by atoms with E-state index in [2.05, 4.69) is 53.7 Å². The molecule has 1 aromatic rings. The van der Waals surface area contributed by atoms with Crippen molar-refractivity contribution < 1.29 is 9.53 Å². The van der Waals surface area contributed by atoms with Crippen LogP contribution in [0.1, 0.15) is 65.2 Å². The number of carbonyl (C=O) groups excluding carboxylic acids is 1. The minimum absolute atomic E-state index is 0.0105. The Labute approximate surface area is 123 Å². The van der Waals surface area contributed by atoms with Crippen LogP contribution in [0.2, 0.25) is 0 Å². The molecule has 2 heteroatoms. The second kappa shape index (κ2) is 5.99. The first-order chi connectivity index (χ1) is 9.11. The molecule has 0 bridgehead atoms. The maximum atomic E-state index is 11.0. The van der Waals surface area contributed by atoms with Gasteiger partial charge in [0.15, 0.2) is 0 Å². The van der Waals surface area contributed by atoms with Crippen molar-refractivity contribution in [1.29, 1.82) is 0 Å². The summed E-state index contributed by atoms with van der Waals surface area (Å²) >= 11 is 0. The first-order valence-electron chi connectivity index (χ1n) is 7.35. The molecule has 20 heavy (non-hydrogen) atoms. The van der Waals surface area contributed by atoms with Gasteiger partial charge in [0.25, 0.3) is 0 Å². The van der Waals surface area contributed by atoms with Gasteiger partial charge in [-0.1, -0.05) is 53.7 Å². The molecule has 0 saturated carbocycles. The summed E-state index contributed by atoms with van der Waals surface area (Å²) in [6, 6.07) is 4.36. The van der Waals surface area contributed by atoms with Gasteiger partial charge in [-0.15, -0.1) is 0 Å². The molecule has 0 atom stereocenters. The Balaban J connectivity index is 3.59. The molecular weight excluding hydrogens is 248 g/mol. The number of aldehydes is 1. The zero-order chi connectivity index (χ0) is 15.6. The van der Waals surface area contributed by atoms with Gasteiger partial charge in [0.1, 0.15) is 12.0 Å². The van der Waals surface area contributed by atoms with Crippen LogP contribution in [-0.2, 0) is 22.0 Å². The lowest BCUT2D eigenvalue weighted by Crippen LogP contribution is -2.19. The van der Waals surface area contributed by atoms with Crippen LogP contribution in [0, 0.1) is 0 Å². The first kappa shape index (κ1) is 16.7. The van der Waals surface area contributed by atoms with Gasteiger partial charge in [0.05, 0.1) is 6.61 Å². The van der Waals surface area contributed by atoms with E-state index in [9.17, 15) is 4.79 Å². The maximum Gasteiger partial charge on any atom is 0.126 e. The van der Waals surface area contributed by atoms with E-state index in [4.69, 9.17) is 4.74 Å². The van der Waals surface area contributed by atoms with Gasteiger partial charge < -0.3 is 9.53 Å². The third-order valence-corrected chi connectivity index (χ3v) is 3.43. The zero-order valence-electron chi connectivity index (χ0n) is 14.0. The number of hydrogen-bond donors (Lipinski definition) is 0. The van der Waals surface area contributed by atoms with Crippen LogP contribution < -0.4 is 4.74 Å². The molecule has 2 nitrogen and oxygen atoms in total. The molecule has 0 aliphatic rings. The Hall–Kier alpha value is -1.31. The van der Waals surface area contributed by atoms with Gasteiger partial charge in [-0.3, -0.25) is 0 Å². The van der Waals surface area contributed by atoms with E-state index in [0.29, 0.717) is 13.0 Å². The van der Waals surface area contributed by atoms with Crippen molar-refractivity contribution in [2.45, 2.75) is 65.7 Å². The average molecular weight is 276 g/mol. The van der Waals surface area contributed by atoms with E-state index in [-0.39, 0.29) is 10.8 Å². The molecule has 0 spiro atoms. The van der Waals surface area contributed by atoms with E-state index >= 15 is 0 Å². The highest BCUT2D eigenvalue weighted by Gasteiger charge is 2.25. The molecule has 0 radical (unpaired) electrons. The largest absolute Gasteiger partial charge is 0.493 e. The summed E-state index contributed by atoms with van der Waals surface area (Å²) in [5.74, 6) is 0.889. The summed E-state index contributed by atoms with van der Waals surface area (Å²) in [5.41, 5.74) is 3.48. The molecule has 0 aliphatic heterocycles.